The van der Waals surface area contributed by atoms with E-state index < -0.39 is 11.9 Å². The van der Waals surface area contributed by atoms with E-state index in [0.29, 0.717) is 0 Å². The van der Waals surface area contributed by atoms with Crippen molar-refractivity contribution in [2.75, 3.05) is 0 Å². The minimum Gasteiger partial charge on any atom is -0.473 e. The lowest BCUT2D eigenvalue weighted by molar-refractivity contribution is -0.156. The van der Waals surface area contributed by atoms with Crippen molar-refractivity contribution in [1.82, 2.24) is 0 Å². The molecule has 0 spiro atoms. The average Bonchev–Trinajstić information content (AvgIpc) is 1.65. The zero-order chi connectivity index (χ0) is 5.86. The lowest BCUT2D eigenvalue weighted by Gasteiger charge is -1.82. The number of carboxylic acids is 1. The third-order valence-electron chi connectivity index (χ3n) is 0.245. The molecule has 4 nitrogen and oxygen atoms in total. The molecular weight excluding hydrogens is 215 g/mol. The number of rotatable bonds is 0. The number of halogens is 1. The summed E-state index contributed by atoms with van der Waals surface area (Å²) in [6, 6.07) is 0. The highest BCUT2D eigenvalue weighted by atomic mass is 127. The summed E-state index contributed by atoms with van der Waals surface area (Å²) in [5, 5.41) is 7.70. The minimum atomic E-state index is -1.57. The third kappa shape index (κ3) is 2.38. The van der Waals surface area contributed by atoms with Gasteiger partial charge in [-0.25, -0.2) is 9.59 Å². The van der Waals surface area contributed by atoms with Crippen molar-refractivity contribution in [2.24, 2.45) is 0 Å². The van der Waals surface area contributed by atoms with Gasteiger partial charge >= 0.3 is 11.9 Å². The zero-order valence-electron chi connectivity index (χ0n) is 3.05. The van der Waals surface area contributed by atoms with Crippen LogP contribution in [0.3, 0.4) is 0 Å². The Hall–Kier alpha value is -0.330. The molecule has 0 aromatic carbocycles. The quantitative estimate of drug-likeness (QED) is 0.455. The van der Waals surface area contributed by atoms with E-state index in [-0.39, 0.29) is 0 Å². The topological polar surface area (TPSA) is 63.6 Å². The lowest BCUT2D eigenvalue weighted by Crippen LogP contribution is -2.10. The van der Waals surface area contributed by atoms with Crippen molar-refractivity contribution in [3.63, 3.8) is 0 Å². The minimum absolute atomic E-state index is 1.20. The molecule has 0 aliphatic heterocycles. The summed E-state index contributed by atoms with van der Waals surface area (Å²) in [4.78, 5) is 19.1. The van der Waals surface area contributed by atoms with Gasteiger partial charge < -0.3 is 8.17 Å². The summed E-state index contributed by atoms with van der Waals surface area (Å²) in [6.07, 6.45) is 0. The highest BCUT2D eigenvalue weighted by molar-refractivity contribution is 14.1. The molecule has 5 heteroatoms. The predicted octanol–water partition coefficient (Wildman–Crippen LogP) is -0.0358. The fourth-order valence-corrected chi connectivity index (χ4v) is 0.221. The molecule has 0 bridgehead atoms. The van der Waals surface area contributed by atoms with Gasteiger partial charge in [0.05, 0.1) is 0 Å². The molecule has 0 saturated heterocycles. The van der Waals surface area contributed by atoms with Crippen molar-refractivity contribution in [3.8, 4) is 0 Å². The standard InChI is InChI=1S/C2HIO4/c3-7-2(6)1(4)5/h(H,4,5). The van der Waals surface area contributed by atoms with Crippen LogP contribution in [0.15, 0.2) is 0 Å². The Kier molecular flexibility index (Phi) is 2.65. The van der Waals surface area contributed by atoms with Crippen LogP contribution >= 0.6 is 23.0 Å². The van der Waals surface area contributed by atoms with Gasteiger partial charge in [0.25, 0.3) is 0 Å². The smallest absolute Gasteiger partial charge is 0.426 e. The van der Waals surface area contributed by atoms with E-state index >= 15 is 0 Å². The summed E-state index contributed by atoms with van der Waals surface area (Å²) in [7, 11) is 0. The van der Waals surface area contributed by atoms with Gasteiger partial charge in [0.1, 0.15) is 0 Å². The van der Waals surface area contributed by atoms with Crippen molar-refractivity contribution in [1.29, 1.82) is 0 Å². The van der Waals surface area contributed by atoms with Crippen LogP contribution in [0.25, 0.3) is 0 Å². The van der Waals surface area contributed by atoms with E-state index in [4.69, 9.17) is 5.11 Å². The van der Waals surface area contributed by atoms with Gasteiger partial charge in [0.15, 0.2) is 23.0 Å². The van der Waals surface area contributed by atoms with Gasteiger partial charge in [-0.05, 0) is 0 Å². The molecule has 0 fully saturated rings. The van der Waals surface area contributed by atoms with Crippen LogP contribution in [0.4, 0.5) is 0 Å². The van der Waals surface area contributed by atoms with Crippen LogP contribution in [-0.2, 0) is 12.7 Å². The second kappa shape index (κ2) is 2.78. The molecule has 0 aliphatic rings. The SMILES string of the molecule is O=C(O)C(=O)OI. The van der Waals surface area contributed by atoms with Crippen LogP contribution < -0.4 is 0 Å². The molecule has 0 heterocycles. The Balaban J connectivity index is 3.58. The molecule has 40 valence electrons. The van der Waals surface area contributed by atoms with E-state index in [2.05, 4.69) is 3.07 Å². The Morgan fingerprint density at radius 3 is 2.00 bits per heavy atom. The molecule has 0 rings (SSSR count). The van der Waals surface area contributed by atoms with Crippen LogP contribution in [0.1, 0.15) is 0 Å². The van der Waals surface area contributed by atoms with Crippen molar-refractivity contribution < 1.29 is 17.8 Å². The molecule has 0 radical (unpaired) electrons. The highest BCUT2D eigenvalue weighted by Gasteiger charge is 2.09. The second-order valence-electron chi connectivity index (χ2n) is 0.670. The summed E-state index contributed by atoms with van der Waals surface area (Å²) < 4.78 is 3.74. The molecule has 1 N–H and O–H groups in total. The van der Waals surface area contributed by atoms with Crippen LogP contribution in [0.2, 0.25) is 0 Å². The molecule has 0 saturated carbocycles. The Morgan fingerprint density at radius 2 is 2.00 bits per heavy atom. The van der Waals surface area contributed by atoms with Gasteiger partial charge in [-0.3, -0.25) is 0 Å². The molecule has 0 aromatic heterocycles. The molecule has 0 atom stereocenters. The van der Waals surface area contributed by atoms with Crippen LogP contribution in [-0.4, -0.2) is 17.0 Å². The highest BCUT2D eigenvalue weighted by Crippen LogP contribution is 1.84. The third-order valence-corrected chi connectivity index (χ3v) is 0.645. The first kappa shape index (κ1) is 6.67. The molecule has 0 aromatic rings. The summed E-state index contributed by atoms with van der Waals surface area (Å²) in [5.41, 5.74) is 0. The number of carbonyl (C=O) groups is 2. The molecular formula is C2HIO4. The van der Waals surface area contributed by atoms with E-state index in [9.17, 15) is 9.59 Å². The maximum absolute atomic E-state index is 9.68. The van der Waals surface area contributed by atoms with Gasteiger partial charge in [0.2, 0.25) is 0 Å². The maximum Gasteiger partial charge on any atom is 0.426 e. The van der Waals surface area contributed by atoms with Crippen molar-refractivity contribution in [3.05, 3.63) is 0 Å². The summed E-state index contributed by atoms with van der Waals surface area (Å²) in [5.74, 6) is -2.82. The first-order chi connectivity index (χ1) is 3.18. The first-order valence-corrected chi connectivity index (χ1v) is 2.12. The largest absolute Gasteiger partial charge is 0.473 e. The number of hydrogen-bond donors (Lipinski definition) is 1. The van der Waals surface area contributed by atoms with E-state index in [1.165, 1.54) is 23.0 Å². The summed E-state index contributed by atoms with van der Waals surface area (Å²) in [6.45, 7) is 0. The van der Waals surface area contributed by atoms with Crippen LogP contribution in [0, 0.1) is 0 Å². The van der Waals surface area contributed by atoms with Gasteiger partial charge in [-0.1, -0.05) is 0 Å². The zero-order valence-corrected chi connectivity index (χ0v) is 5.21. The average molecular weight is 216 g/mol. The molecule has 7 heavy (non-hydrogen) atoms. The second-order valence-corrected chi connectivity index (χ2v) is 1.11. The van der Waals surface area contributed by atoms with Crippen LogP contribution in [0.5, 0.6) is 0 Å². The Labute approximate surface area is 53.1 Å². The summed E-state index contributed by atoms with van der Waals surface area (Å²) >= 11 is 1.20. The fraction of sp³-hybridized carbons (Fsp3) is 0. The Morgan fingerprint density at radius 1 is 1.57 bits per heavy atom. The monoisotopic (exact) mass is 216 g/mol. The van der Waals surface area contributed by atoms with Gasteiger partial charge in [-0.2, -0.15) is 0 Å². The lowest BCUT2D eigenvalue weighted by atomic mass is 10.7. The van der Waals surface area contributed by atoms with E-state index in [1.807, 2.05) is 0 Å². The normalized spacial score (nSPS) is 7.57. The fourth-order valence-electron chi connectivity index (χ4n) is 0.0330. The number of carbonyl (C=O) groups excluding carboxylic acids is 1. The first-order valence-electron chi connectivity index (χ1n) is 1.24. The molecule has 0 unspecified atom stereocenters. The number of aliphatic carboxylic acids is 1. The van der Waals surface area contributed by atoms with Crippen molar-refractivity contribution in [2.45, 2.75) is 0 Å². The molecule has 0 amide bonds. The van der Waals surface area contributed by atoms with Crippen molar-refractivity contribution >= 4 is 34.9 Å². The van der Waals surface area contributed by atoms with Gasteiger partial charge in [0, 0.05) is 0 Å². The maximum atomic E-state index is 9.68. The van der Waals surface area contributed by atoms with E-state index in [1.54, 1.807) is 0 Å². The number of carboxylic acid groups (broad SMARTS) is 1. The van der Waals surface area contributed by atoms with Gasteiger partial charge in [-0.15, -0.1) is 0 Å². The number of hydrogen-bond acceptors (Lipinski definition) is 3. The van der Waals surface area contributed by atoms with E-state index in [0.717, 1.165) is 0 Å². The Bertz CT molecular complexity index is 97.9. The predicted molar refractivity (Wildman–Crippen MR) is 27.7 cm³/mol. The molecule has 0 aliphatic carbocycles.